The average Bonchev–Trinajstić information content (AvgIpc) is 3.43. The van der Waals surface area contributed by atoms with Crippen LogP contribution in [0.3, 0.4) is 0 Å². The standard InChI is InChI=1S/C28H26N4O5/c1-2-36-28(35)22-17-21-25(29-23-12-6-7-15-31(23)27(21)34)32(18-20-11-8-16-37-20)26(22)30-24(33)14-13-19-9-4-3-5-10-19/h3-7,9-10,12-15,17,20H,2,8,11,16,18H2,1H3/b14-13-,30-26?. The summed E-state index contributed by atoms with van der Waals surface area (Å²) in [5.74, 6) is -1.24. The van der Waals surface area contributed by atoms with E-state index in [1.54, 1.807) is 42.0 Å². The van der Waals surface area contributed by atoms with E-state index >= 15 is 0 Å². The molecule has 1 unspecified atom stereocenters. The van der Waals surface area contributed by atoms with Crippen molar-refractivity contribution in [2.24, 2.45) is 4.99 Å². The van der Waals surface area contributed by atoms with E-state index in [0.29, 0.717) is 17.9 Å². The molecule has 37 heavy (non-hydrogen) atoms. The van der Waals surface area contributed by atoms with Crippen LogP contribution in [0.5, 0.6) is 0 Å². The predicted octanol–water partition coefficient (Wildman–Crippen LogP) is 3.15. The van der Waals surface area contributed by atoms with Crippen molar-refractivity contribution in [3.8, 4) is 0 Å². The monoisotopic (exact) mass is 498 g/mol. The Labute approximate surface area is 212 Å². The summed E-state index contributed by atoms with van der Waals surface area (Å²) in [6.45, 7) is 2.70. The summed E-state index contributed by atoms with van der Waals surface area (Å²) in [6.07, 6.45) is 6.13. The zero-order chi connectivity index (χ0) is 25.8. The third-order valence-corrected chi connectivity index (χ3v) is 6.13. The molecule has 4 heterocycles. The van der Waals surface area contributed by atoms with Gasteiger partial charge in [0.25, 0.3) is 11.5 Å². The Morgan fingerprint density at radius 2 is 2.00 bits per heavy atom. The normalized spacial score (nSPS) is 16.1. The average molecular weight is 499 g/mol. The number of fused-ring (bicyclic) bond motifs is 2. The summed E-state index contributed by atoms with van der Waals surface area (Å²) in [5, 5.41) is 0.218. The van der Waals surface area contributed by atoms with E-state index < -0.39 is 11.9 Å². The van der Waals surface area contributed by atoms with Gasteiger partial charge in [-0.3, -0.25) is 14.0 Å². The van der Waals surface area contributed by atoms with Gasteiger partial charge < -0.3 is 14.0 Å². The number of pyridine rings is 2. The molecule has 0 radical (unpaired) electrons. The third kappa shape index (κ3) is 5.12. The van der Waals surface area contributed by atoms with Crippen LogP contribution in [0.1, 0.15) is 35.7 Å². The predicted molar refractivity (Wildman–Crippen MR) is 138 cm³/mol. The molecule has 1 aliphatic rings. The highest BCUT2D eigenvalue weighted by molar-refractivity contribution is 5.95. The quantitative estimate of drug-likeness (QED) is 0.230. The Kier molecular flexibility index (Phi) is 7.04. The van der Waals surface area contributed by atoms with Crippen molar-refractivity contribution < 1.29 is 19.1 Å². The van der Waals surface area contributed by atoms with Crippen LogP contribution in [0.2, 0.25) is 0 Å². The first-order valence-corrected chi connectivity index (χ1v) is 12.2. The first kappa shape index (κ1) is 24.3. The maximum absolute atomic E-state index is 13.4. The highest BCUT2D eigenvalue weighted by atomic mass is 16.5. The molecule has 1 fully saturated rings. The van der Waals surface area contributed by atoms with Crippen molar-refractivity contribution in [1.82, 2.24) is 14.0 Å². The Hall–Kier alpha value is -4.37. The highest BCUT2D eigenvalue weighted by Gasteiger charge is 2.23. The zero-order valence-corrected chi connectivity index (χ0v) is 20.4. The zero-order valence-electron chi connectivity index (χ0n) is 20.4. The molecule has 1 saturated heterocycles. The number of carbonyl (C=O) groups is 2. The Morgan fingerprint density at radius 1 is 1.19 bits per heavy atom. The van der Waals surface area contributed by atoms with Crippen LogP contribution in [0.15, 0.2) is 76.7 Å². The van der Waals surface area contributed by atoms with Crippen LogP contribution < -0.4 is 11.0 Å². The number of ether oxygens (including phenoxy) is 2. The lowest BCUT2D eigenvalue weighted by Crippen LogP contribution is -2.35. The second kappa shape index (κ2) is 10.7. The Morgan fingerprint density at radius 3 is 2.76 bits per heavy atom. The summed E-state index contributed by atoms with van der Waals surface area (Å²) in [6, 6.07) is 16.0. The lowest BCUT2D eigenvalue weighted by Gasteiger charge is -2.17. The molecule has 9 nitrogen and oxygen atoms in total. The fourth-order valence-corrected chi connectivity index (χ4v) is 4.40. The van der Waals surface area contributed by atoms with Gasteiger partial charge in [-0.15, -0.1) is 0 Å². The maximum Gasteiger partial charge on any atom is 0.341 e. The number of benzene rings is 1. The van der Waals surface area contributed by atoms with Gasteiger partial charge in [0, 0.05) is 18.9 Å². The van der Waals surface area contributed by atoms with E-state index in [4.69, 9.17) is 14.5 Å². The van der Waals surface area contributed by atoms with Gasteiger partial charge in [0.2, 0.25) is 0 Å². The van der Waals surface area contributed by atoms with Crippen molar-refractivity contribution in [2.75, 3.05) is 13.2 Å². The van der Waals surface area contributed by atoms with Gasteiger partial charge in [0.1, 0.15) is 16.9 Å². The minimum Gasteiger partial charge on any atom is -0.462 e. The molecule has 1 atom stereocenters. The van der Waals surface area contributed by atoms with Crippen LogP contribution >= 0.6 is 0 Å². The molecule has 0 N–H and O–H groups in total. The minimum atomic E-state index is -0.679. The largest absolute Gasteiger partial charge is 0.462 e. The molecule has 9 heteroatoms. The van der Waals surface area contributed by atoms with E-state index in [-0.39, 0.29) is 41.3 Å². The molecule has 0 saturated carbocycles. The Bertz CT molecular complexity index is 1630. The van der Waals surface area contributed by atoms with Crippen LogP contribution in [0, 0.1) is 0 Å². The van der Waals surface area contributed by atoms with Crippen molar-refractivity contribution >= 4 is 34.6 Å². The fourth-order valence-electron chi connectivity index (χ4n) is 4.40. The lowest BCUT2D eigenvalue weighted by atomic mass is 10.2. The third-order valence-electron chi connectivity index (χ3n) is 6.13. The van der Waals surface area contributed by atoms with Crippen LogP contribution in [0.25, 0.3) is 22.8 Å². The molecule has 0 bridgehead atoms. The smallest absolute Gasteiger partial charge is 0.341 e. The molecule has 1 aliphatic heterocycles. The number of rotatable bonds is 6. The van der Waals surface area contributed by atoms with E-state index in [1.807, 2.05) is 30.3 Å². The van der Waals surface area contributed by atoms with E-state index in [2.05, 4.69) is 4.99 Å². The second-order valence-corrected chi connectivity index (χ2v) is 8.62. The first-order valence-electron chi connectivity index (χ1n) is 12.2. The minimum absolute atomic E-state index is 0.0172. The van der Waals surface area contributed by atoms with Gasteiger partial charge in [-0.05, 0) is 49.6 Å². The fraction of sp³-hybridized carbons (Fsp3) is 0.250. The van der Waals surface area contributed by atoms with Crippen molar-refractivity contribution in [2.45, 2.75) is 32.4 Å². The van der Waals surface area contributed by atoms with Gasteiger partial charge in [0.15, 0.2) is 5.49 Å². The number of hydrogen-bond acceptors (Lipinski definition) is 6. The number of esters is 1. The summed E-state index contributed by atoms with van der Waals surface area (Å²) < 4.78 is 14.2. The second-order valence-electron chi connectivity index (χ2n) is 8.62. The van der Waals surface area contributed by atoms with Crippen LogP contribution in [-0.4, -0.2) is 45.1 Å². The molecule has 1 aromatic carbocycles. The van der Waals surface area contributed by atoms with E-state index in [1.165, 1.54) is 16.5 Å². The van der Waals surface area contributed by atoms with Gasteiger partial charge in [-0.25, -0.2) is 9.78 Å². The van der Waals surface area contributed by atoms with Crippen molar-refractivity contribution in [1.29, 1.82) is 0 Å². The van der Waals surface area contributed by atoms with Crippen LogP contribution in [-0.2, 0) is 20.8 Å². The molecule has 3 aromatic heterocycles. The SMILES string of the molecule is CCOC(=O)c1cc2c(=O)n3ccccc3nc2n(CC2CCCO2)c1=NC(=O)/C=C\c1ccccc1. The number of hydrogen-bond donors (Lipinski definition) is 0. The highest BCUT2D eigenvalue weighted by Crippen LogP contribution is 2.17. The summed E-state index contributed by atoms with van der Waals surface area (Å²) in [7, 11) is 0. The maximum atomic E-state index is 13.4. The lowest BCUT2D eigenvalue weighted by molar-refractivity contribution is -0.113. The van der Waals surface area contributed by atoms with Gasteiger partial charge >= 0.3 is 5.97 Å². The summed E-state index contributed by atoms with van der Waals surface area (Å²) in [5.41, 5.74) is 1.35. The first-order chi connectivity index (χ1) is 18.0. The Balaban J connectivity index is 1.77. The number of carbonyl (C=O) groups excluding carboxylic acids is 2. The molecule has 0 aliphatic carbocycles. The van der Waals surface area contributed by atoms with Crippen molar-refractivity contribution in [3.63, 3.8) is 0 Å². The van der Waals surface area contributed by atoms with Crippen molar-refractivity contribution in [3.05, 3.63) is 93.8 Å². The number of aromatic nitrogens is 3. The molecule has 188 valence electrons. The molecule has 5 rings (SSSR count). The van der Waals surface area contributed by atoms with Gasteiger partial charge in [0.05, 0.1) is 24.6 Å². The topological polar surface area (TPSA) is 104 Å². The molecular weight excluding hydrogens is 472 g/mol. The van der Waals surface area contributed by atoms with Gasteiger partial charge in [-0.1, -0.05) is 36.4 Å². The molecule has 4 aromatic rings. The van der Waals surface area contributed by atoms with E-state index in [9.17, 15) is 14.4 Å². The molecular formula is C28H26N4O5. The van der Waals surface area contributed by atoms with E-state index in [0.717, 1.165) is 18.4 Å². The molecule has 1 amide bonds. The molecule has 0 spiro atoms. The summed E-state index contributed by atoms with van der Waals surface area (Å²) >= 11 is 0. The van der Waals surface area contributed by atoms with Crippen LogP contribution in [0.4, 0.5) is 0 Å². The summed E-state index contributed by atoms with van der Waals surface area (Å²) in [4.78, 5) is 48.5. The number of amides is 1. The number of nitrogens with zero attached hydrogens (tertiary/aromatic N) is 4. The van der Waals surface area contributed by atoms with Gasteiger partial charge in [-0.2, -0.15) is 4.99 Å².